The Bertz CT molecular complexity index is 970. The quantitative estimate of drug-likeness (QED) is 0.374. The van der Waals surface area contributed by atoms with Crippen LogP contribution in [-0.4, -0.2) is 23.6 Å². The van der Waals surface area contributed by atoms with Gasteiger partial charge in [0.25, 0.3) is 0 Å². The number of hydrogen-bond acceptors (Lipinski definition) is 2. The van der Waals surface area contributed by atoms with Crippen LogP contribution in [0.3, 0.4) is 0 Å². The number of nitrogens with zero attached hydrogens (tertiary/aromatic N) is 2. The number of aliphatic imine (C=N–C) groups is 1. The third kappa shape index (κ3) is 7.41. The Kier molecular flexibility index (Phi) is 11.3. The topological polar surface area (TPSA) is 32.7 Å². The van der Waals surface area contributed by atoms with E-state index in [1.165, 1.54) is 36.8 Å². The number of hydrogen-bond donors (Lipinski definition) is 0. The largest absolute Gasteiger partial charge is 0.356 e. The van der Waals surface area contributed by atoms with Crippen molar-refractivity contribution in [3.63, 3.8) is 0 Å². The number of allylic oxidation sites excluding steroid dienone is 2. The highest BCUT2D eigenvalue weighted by atomic mass is 16.1. The first kappa shape index (κ1) is 27.6. The molecule has 1 fully saturated rings. The lowest BCUT2D eigenvalue weighted by atomic mass is 10.0. The lowest BCUT2D eigenvalue weighted by Crippen LogP contribution is -2.25. The number of amidine groups is 1. The molecular weight excluding hydrogens is 416 g/mol. The fourth-order valence-electron chi connectivity index (χ4n) is 4.58. The summed E-state index contributed by atoms with van der Waals surface area (Å²) in [6.07, 6.45) is 6.56. The highest BCUT2D eigenvalue weighted by Gasteiger charge is 2.33. The van der Waals surface area contributed by atoms with Crippen LogP contribution in [-0.2, 0) is 17.6 Å². The van der Waals surface area contributed by atoms with Gasteiger partial charge in [0.1, 0.15) is 11.5 Å². The van der Waals surface area contributed by atoms with Crippen LogP contribution in [0.15, 0.2) is 70.9 Å². The second kappa shape index (κ2) is 13.9. The third-order valence-corrected chi connectivity index (χ3v) is 6.61. The smallest absolute Gasteiger partial charge is 0.180 e. The van der Waals surface area contributed by atoms with Crippen molar-refractivity contribution in [3.05, 3.63) is 82.6 Å². The number of benzene rings is 2. The minimum atomic E-state index is 0.122. The fraction of sp³-hybridized carbons (Fsp3) is 0.484. The minimum absolute atomic E-state index is 0.122. The number of aryl methyl sites for hydroxylation is 2. The van der Waals surface area contributed by atoms with Crippen LogP contribution in [0, 0.1) is 5.92 Å². The van der Waals surface area contributed by atoms with Crippen molar-refractivity contribution in [2.75, 3.05) is 7.05 Å². The average Bonchev–Trinajstić information content (AvgIpc) is 3.14. The van der Waals surface area contributed by atoms with Crippen LogP contribution in [0.25, 0.3) is 0 Å². The molecule has 3 rings (SSSR count). The molecule has 0 N–H and O–H groups in total. The maximum Gasteiger partial charge on any atom is 0.180 e. The van der Waals surface area contributed by atoms with Gasteiger partial charge in [0, 0.05) is 19.4 Å². The van der Waals surface area contributed by atoms with Gasteiger partial charge >= 0.3 is 0 Å². The van der Waals surface area contributed by atoms with Gasteiger partial charge in [-0.15, -0.1) is 0 Å². The molecule has 1 aliphatic rings. The van der Waals surface area contributed by atoms with Crippen LogP contribution in [0.1, 0.15) is 90.0 Å². The molecule has 34 heavy (non-hydrogen) atoms. The SMILES string of the molecule is CCC(=O)C(N=C1C(C)CC(c2ccccc2)N1C)=C(C)C.CCCCc1ccccc1CC. The zero-order valence-corrected chi connectivity index (χ0v) is 22.4. The Labute approximate surface area is 208 Å². The Balaban J connectivity index is 0.000000287. The summed E-state index contributed by atoms with van der Waals surface area (Å²) in [5.41, 5.74) is 5.99. The lowest BCUT2D eigenvalue weighted by molar-refractivity contribution is -0.115. The van der Waals surface area contributed by atoms with E-state index in [0.717, 1.165) is 17.8 Å². The summed E-state index contributed by atoms with van der Waals surface area (Å²) in [6.45, 7) is 12.5. The van der Waals surface area contributed by atoms with E-state index in [4.69, 9.17) is 4.99 Å². The molecule has 1 aliphatic heterocycles. The summed E-state index contributed by atoms with van der Waals surface area (Å²) in [4.78, 5) is 19.1. The summed E-state index contributed by atoms with van der Waals surface area (Å²) in [6, 6.07) is 19.6. The molecule has 0 spiro atoms. The maximum absolute atomic E-state index is 12.1. The van der Waals surface area contributed by atoms with Crippen molar-refractivity contribution >= 4 is 11.6 Å². The average molecular weight is 461 g/mol. The molecule has 0 aromatic heterocycles. The zero-order valence-electron chi connectivity index (χ0n) is 22.4. The van der Waals surface area contributed by atoms with Crippen molar-refractivity contribution < 1.29 is 4.79 Å². The first-order valence-electron chi connectivity index (χ1n) is 13.0. The molecule has 2 unspecified atom stereocenters. The van der Waals surface area contributed by atoms with Crippen LogP contribution in [0.5, 0.6) is 0 Å². The Morgan fingerprint density at radius 1 is 0.971 bits per heavy atom. The highest BCUT2D eigenvalue weighted by Crippen LogP contribution is 2.36. The van der Waals surface area contributed by atoms with E-state index >= 15 is 0 Å². The number of carbonyl (C=O) groups excluding carboxylic acids is 1. The first-order chi connectivity index (χ1) is 16.3. The van der Waals surface area contributed by atoms with Crippen molar-refractivity contribution in [2.24, 2.45) is 10.9 Å². The fourth-order valence-corrected chi connectivity index (χ4v) is 4.58. The number of ketones is 1. The third-order valence-electron chi connectivity index (χ3n) is 6.61. The van der Waals surface area contributed by atoms with Gasteiger partial charge in [0.15, 0.2) is 5.78 Å². The van der Waals surface area contributed by atoms with Crippen molar-refractivity contribution in [1.29, 1.82) is 0 Å². The summed E-state index contributed by atoms with van der Waals surface area (Å²) in [7, 11) is 2.08. The summed E-state index contributed by atoms with van der Waals surface area (Å²) in [5.74, 6) is 1.50. The lowest BCUT2D eigenvalue weighted by Gasteiger charge is -2.23. The second-order valence-corrected chi connectivity index (χ2v) is 9.50. The Hall–Kier alpha value is -2.68. The van der Waals surface area contributed by atoms with Gasteiger partial charge in [-0.2, -0.15) is 0 Å². The first-order valence-corrected chi connectivity index (χ1v) is 13.0. The molecule has 3 nitrogen and oxygen atoms in total. The van der Waals surface area contributed by atoms with Crippen LogP contribution >= 0.6 is 0 Å². The van der Waals surface area contributed by atoms with E-state index in [-0.39, 0.29) is 5.78 Å². The van der Waals surface area contributed by atoms with Gasteiger partial charge in [-0.05, 0) is 61.8 Å². The Morgan fingerprint density at radius 2 is 1.59 bits per heavy atom. The molecule has 0 aliphatic carbocycles. The molecule has 0 saturated carbocycles. The molecule has 1 heterocycles. The van der Waals surface area contributed by atoms with E-state index in [9.17, 15) is 4.79 Å². The summed E-state index contributed by atoms with van der Waals surface area (Å²) >= 11 is 0. The number of unbranched alkanes of at least 4 members (excludes halogenated alkanes) is 1. The van der Waals surface area contributed by atoms with Gasteiger partial charge in [-0.25, -0.2) is 4.99 Å². The predicted octanol–water partition coefficient (Wildman–Crippen LogP) is 7.96. The molecule has 2 aromatic rings. The highest BCUT2D eigenvalue weighted by molar-refractivity contribution is 5.99. The van der Waals surface area contributed by atoms with Gasteiger partial charge in [0.05, 0.1) is 6.04 Å². The van der Waals surface area contributed by atoms with Crippen molar-refractivity contribution in [2.45, 2.75) is 86.1 Å². The number of likely N-dealkylation sites (tertiary alicyclic amines) is 1. The second-order valence-electron chi connectivity index (χ2n) is 9.50. The molecule has 3 heteroatoms. The molecule has 0 amide bonds. The van der Waals surface area contributed by atoms with Crippen molar-refractivity contribution in [3.8, 4) is 0 Å². The zero-order chi connectivity index (χ0) is 25.1. The van der Waals surface area contributed by atoms with E-state index in [2.05, 4.69) is 81.2 Å². The number of Topliss-reactive ketones (excluding diaryl/α,β-unsaturated/α-hetero) is 1. The number of carbonyl (C=O) groups is 1. The van der Waals surface area contributed by atoms with E-state index in [0.29, 0.717) is 24.1 Å². The standard InChI is InChI=1S/C19H26N2O.C12H18/c1-6-17(22)18(13(2)3)20-19-14(4)12-16(21(19)5)15-10-8-7-9-11-15;1-3-5-8-12-10-7-6-9-11(12)4-2/h7-11,14,16H,6,12H2,1-5H3;6-7,9-10H,3-5,8H2,1-2H3. The van der Waals surface area contributed by atoms with Gasteiger partial charge in [-0.3, -0.25) is 4.79 Å². The number of rotatable bonds is 8. The molecule has 184 valence electrons. The van der Waals surface area contributed by atoms with Crippen LogP contribution in [0.2, 0.25) is 0 Å². The summed E-state index contributed by atoms with van der Waals surface area (Å²) in [5, 5.41) is 0. The molecule has 2 atom stereocenters. The van der Waals surface area contributed by atoms with Crippen LogP contribution < -0.4 is 0 Å². The Morgan fingerprint density at radius 3 is 2.15 bits per heavy atom. The van der Waals surface area contributed by atoms with Gasteiger partial charge in [-0.1, -0.05) is 88.7 Å². The molecule has 1 saturated heterocycles. The normalized spacial score (nSPS) is 18.4. The van der Waals surface area contributed by atoms with E-state index in [1.807, 2.05) is 26.8 Å². The van der Waals surface area contributed by atoms with E-state index < -0.39 is 0 Å². The predicted molar refractivity (Wildman–Crippen MR) is 146 cm³/mol. The minimum Gasteiger partial charge on any atom is -0.356 e. The summed E-state index contributed by atoms with van der Waals surface area (Å²) < 4.78 is 0. The van der Waals surface area contributed by atoms with Gasteiger partial charge in [0.2, 0.25) is 0 Å². The maximum atomic E-state index is 12.1. The van der Waals surface area contributed by atoms with Crippen molar-refractivity contribution in [1.82, 2.24) is 4.90 Å². The molecular formula is C31H44N2O. The van der Waals surface area contributed by atoms with Crippen LogP contribution in [0.4, 0.5) is 0 Å². The molecule has 0 bridgehead atoms. The van der Waals surface area contributed by atoms with E-state index in [1.54, 1.807) is 5.56 Å². The van der Waals surface area contributed by atoms with Gasteiger partial charge < -0.3 is 4.90 Å². The monoisotopic (exact) mass is 460 g/mol. The molecule has 2 aromatic carbocycles. The molecule has 0 radical (unpaired) electrons.